The van der Waals surface area contributed by atoms with Crippen LogP contribution in [0.25, 0.3) is 0 Å². The fourth-order valence-electron chi connectivity index (χ4n) is 3.04. The molecule has 4 heteroatoms. The standard InChI is InChI=1S/C19H29N3O/c1-15-12-19(15)14-22(21-23)11-7-10-18(13-16(2)20-3)17-8-5-4-6-9-17/h4-8,11,13,15,17-20H,9-10,12,14H2,1-3H3/b11-7+,16-13+. The van der Waals surface area contributed by atoms with E-state index in [-0.39, 0.29) is 0 Å². The fourth-order valence-corrected chi connectivity index (χ4v) is 3.04. The van der Waals surface area contributed by atoms with Crippen molar-refractivity contribution in [2.24, 2.45) is 29.0 Å². The molecular weight excluding hydrogens is 286 g/mol. The van der Waals surface area contributed by atoms with E-state index in [0.29, 0.717) is 17.8 Å². The maximum absolute atomic E-state index is 11.0. The smallest absolute Gasteiger partial charge is 0.0568 e. The highest BCUT2D eigenvalue weighted by molar-refractivity contribution is 5.15. The third-order valence-corrected chi connectivity index (χ3v) is 4.91. The van der Waals surface area contributed by atoms with Gasteiger partial charge in [0.2, 0.25) is 0 Å². The van der Waals surface area contributed by atoms with E-state index in [4.69, 9.17) is 0 Å². The summed E-state index contributed by atoms with van der Waals surface area (Å²) in [7, 11) is 1.95. The number of rotatable bonds is 9. The summed E-state index contributed by atoms with van der Waals surface area (Å²) in [4.78, 5) is 11.0. The molecule has 1 N–H and O–H groups in total. The highest BCUT2D eigenvalue weighted by Gasteiger charge is 2.33. The summed E-state index contributed by atoms with van der Waals surface area (Å²) >= 11 is 0. The normalized spacial score (nSPS) is 28.0. The first-order chi connectivity index (χ1) is 11.1. The lowest BCUT2D eigenvalue weighted by molar-refractivity contribution is 0.364. The summed E-state index contributed by atoms with van der Waals surface area (Å²) < 4.78 is 0. The number of nitroso groups, excluding NO2 is 1. The van der Waals surface area contributed by atoms with Crippen molar-refractivity contribution in [2.45, 2.75) is 33.1 Å². The van der Waals surface area contributed by atoms with Gasteiger partial charge in [-0.3, -0.25) is 0 Å². The van der Waals surface area contributed by atoms with Gasteiger partial charge in [0.25, 0.3) is 0 Å². The molecule has 0 heterocycles. The Morgan fingerprint density at radius 2 is 2.26 bits per heavy atom. The molecule has 23 heavy (non-hydrogen) atoms. The van der Waals surface area contributed by atoms with E-state index in [9.17, 15) is 4.91 Å². The van der Waals surface area contributed by atoms with Crippen LogP contribution in [-0.2, 0) is 0 Å². The van der Waals surface area contributed by atoms with Gasteiger partial charge >= 0.3 is 0 Å². The predicted octanol–water partition coefficient (Wildman–Crippen LogP) is 4.40. The zero-order valence-electron chi connectivity index (χ0n) is 14.5. The van der Waals surface area contributed by atoms with Gasteiger partial charge in [0.05, 0.1) is 5.29 Å². The summed E-state index contributed by atoms with van der Waals surface area (Å²) in [6.07, 6.45) is 18.2. The van der Waals surface area contributed by atoms with Gasteiger partial charge in [-0.1, -0.05) is 43.4 Å². The minimum Gasteiger partial charge on any atom is -0.392 e. The van der Waals surface area contributed by atoms with Gasteiger partial charge in [-0.2, -0.15) is 0 Å². The largest absolute Gasteiger partial charge is 0.392 e. The van der Waals surface area contributed by atoms with E-state index in [1.165, 1.54) is 12.1 Å². The maximum atomic E-state index is 11.0. The molecule has 0 radical (unpaired) electrons. The maximum Gasteiger partial charge on any atom is 0.0568 e. The van der Waals surface area contributed by atoms with Gasteiger partial charge in [-0.25, -0.2) is 5.01 Å². The molecule has 0 bridgehead atoms. The molecule has 1 saturated carbocycles. The van der Waals surface area contributed by atoms with Crippen molar-refractivity contribution < 1.29 is 0 Å². The molecule has 1 fully saturated rings. The predicted molar refractivity (Wildman–Crippen MR) is 96.2 cm³/mol. The van der Waals surface area contributed by atoms with Crippen molar-refractivity contribution >= 4 is 0 Å². The molecule has 0 aromatic rings. The highest BCUT2D eigenvalue weighted by atomic mass is 16.3. The zero-order chi connectivity index (χ0) is 16.7. The lowest BCUT2D eigenvalue weighted by atomic mass is 9.84. The average molecular weight is 315 g/mol. The molecule has 0 aliphatic heterocycles. The van der Waals surface area contributed by atoms with Crippen LogP contribution < -0.4 is 5.32 Å². The van der Waals surface area contributed by atoms with Crippen LogP contribution in [0.15, 0.2) is 53.6 Å². The van der Waals surface area contributed by atoms with Gasteiger partial charge in [0.15, 0.2) is 0 Å². The van der Waals surface area contributed by atoms with Crippen LogP contribution in [0.2, 0.25) is 0 Å². The van der Waals surface area contributed by atoms with Gasteiger partial charge < -0.3 is 5.32 Å². The van der Waals surface area contributed by atoms with Crippen molar-refractivity contribution in [2.75, 3.05) is 13.6 Å². The molecule has 2 aliphatic carbocycles. The summed E-state index contributed by atoms with van der Waals surface area (Å²) in [5.41, 5.74) is 1.18. The quantitative estimate of drug-likeness (QED) is 0.506. The Labute approximate surface area is 140 Å². The Balaban J connectivity index is 1.93. The van der Waals surface area contributed by atoms with E-state index in [1.807, 2.05) is 13.2 Å². The lowest BCUT2D eigenvalue weighted by Crippen LogP contribution is -2.15. The minimum absolute atomic E-state index is 0.424. The molecule has 0 aromatic heterocycles. The van der Waals surface area contributed by atoms with Gasteiger partial charge in [0, 0.05) is 25.5 Å². The molecule has 4 nitrogen and oxygen atoms in total. The van der Waals surface area contributed by atoms with Crippen LogP contribution in [0, 0.1) is 28.6 Å². The Kier molecular flexibility index (Phi) is 6.63. The summed E-state index contributed by atoms with van der Waals surface area (Å²) in [6.45, 7) is 5.07. The first kappa shape index (κ1) is 17.5. The molecule has 2 aliphatic rings. The molecule has 0 spiro atoms. The fraction of sp³-hybridized carbons (Fsp3) is 0.579. The Hall–Kier alpha value is -1.84. The number of allylic oxidation sites excluding steroid dienone is 7. The number of hydrogen-bond acceptors (Lipinski definition) is 3. The van der Waals surface area contributed by atoms with E-state index in [1.54, 1.807) is 5.01 Å². The van der Waals surface area contributed by atoms with Gasteiger partial charge in [-0.15, -0.1) is 4.91 Å². The molecule has 2 rings (SSSR count). The van der Waals surface area contributed by atoms with E-state index < -0.39 is 0 Å². The van der Waals surface area contributed by atoms with Crippen molar-refractivity contribution in [3.05, 3.63) is 53.3 Å². The second-order valence-corrected chi connectivity index (χ2v) is 6.77. The van der Waals surface area contributed by atoms with Crippen molar-refractivity contribution in [1.29, 1.82) is 0 Å². The number of nitrogens with one attached hydrogen (secondary N) is 1. The Morgan fingerprint density at radius 1 is 1.48 bits per heavy atom. The van der Waals surface area contributed by atoms with Crippen molar-refractivity contribution in [3.8, 4) is 0 Å². The number of hydrogen-bond donors (Lipinski definition) is 1. The molecule has 0 amide bonds. The zero-order valence-corrected chi connectivity index (χ0v) is 14.5. The van der Waals surface area contributed by atoms with Crippen LogP contribution in [0.5, 0.6) is 0 Å². The summed E-state index contributed by atoms with van der Waals surface area (Å²) in [5.74, 6) is 2.30. The summed E-state index contributed by atoms with van der Waals surface area (Å²) in [5, 5.41) is 7.88. The van der Waals surface area contributed by atoms with E-state index in [0.717, 1.165) is 25.3 Å². The third-order valence-electron chi connectivity index (χ3n) is 4.91. The van der Waals surface area contributed by atoms with Crippen molar-refractivity contribution in [3.63, 3.8) is 0 Å². The topological polar surface area (TPSA) is 44.7 Å². The van der Waals surface area contributed by atoms with Gasteiger partial charge in [-0.05, 0) is 49.9 Å². The molecule has 0 aromatic carbocycles. The van der Waals surface area contributed by atoms with Crippen molar-refractivity contribution in [1.82, 2.24) is 10.3 Å². The minimum atomic E-state index is 0.424. The Bertz CT molecular complexity index is 507. The molecule has 0 saturated heterocycles. The third kappa shape index (κ3) is 5.70. The van der Waals surface area contributed by atoms with Gasteiger partial charge in [0.1, 0.15) is 0 Å². The SMILES string of the molecule is CN/C(C)=C/C(C/C=C/N(CC1CC1C)N=O)C1C=CC=CC1. The lowest BCUT2D eigenvalue weighted by Gasteiger charge is -2.22. The summed E-state index contributed by atoms with van der Waals surface area (Å²) in [6, 6.07) is 0. The van der Waals surface area contributed by atoms with Crippen LogP contribution >= 0.6 is 0 Å². The first-order valence-corrected chi connectivity index (χ1v) is 8.60. The second kappa shape index (κ2) is 8.70. The van der Waals surface area contributed by atoms with Crippen LogP contribution in [0.1, 0.15) is 33.1 Å². The van der Waals surface area contributed by atoms with Crippen LogP contribution in [0.4, 0.5) is 0 Å². The molecule has 4 unspecified atom stereocenters. The second-order valence-electron chi connectivity index (χ2n) is 6.77. The first-order valence-electron chi connectivity index (χ1n) is 8.60. The van der Waals surface area contributed by atoms with Crippen LogP contribution in [0.3, 0.4) is 0 Å². The monoisotopic (exact) mass is 315 g/mol. The van der Waals surface area contributed by atoms with E-state index >= 15 is 0 Å². The van der Waals surface area contributed by atoms with Crippen LogP contribution in [-0.4, -0.2) is 18.6 Å². The van der Waals surface area contributed by atoms with E-state index in [2.05, 4.69) is 60.9 Å². The number of nitrogens with zero attached hydrogens (tertiary/aromatic N) is 2. The Morgan fingerprint density at radius 3 is 2.83 bits per heavy atom. The molecule has 4 atom stereocenters. The molecular formula is C19H29N3O. The molecule has 126 valence electrons. The average Bonchev–Trinajstić information content (AvgIpc) is 3.28. The highest BCUT2D eigenvalue weighted by Crippen LogP contribution is 2.38.